The van der Waals surface area contributed by atoms with E-state index in [4.69, 9.17) is 5.26 Å². The van der Waals surface area contributed by atoms with E-state index in [1.54, 1.807) is 18.3 Å². The Balaban J connectivity index is 1.83. The number of nitriles is 1. The second-order valence-electron chi connectivity index (χ2n) is 5.26. The second kappa shape index (κ2) is 5.34. The Hall–Kier alpha value is -2.34. The van der Waals surface area contributed by atoms with Gasteiger partial charge in [0.15, 0.2) is 0 Å². The molecule has 0 fully saturated rings. The zero-order valence-electron chi connectivity index (χ0n) is 11.6. The van der Waals surface area contributed by atoms with Crippen molar-refractivity contribution in [2.24, 2.45) is 0 Å². The molecule has 2 aromatic rings. The summed E-state index contributed by atoms with van der Waals surface area (Å²) in [5.74, 6) is 0.656. The molecule has 20 heavy (non-hydrogen) atoms. The molecule has 0 aliphatic heterocycles. The van der Waals surface area contributed by atoms with Gasteiger partial charge < -0.3 is 5.32 Å². The number of hydrogen-bond donors (Lipinski definition) is 1. The number of fused-ring (bicyclic) bond motifs is 1. The lowest BCUT2D eigenvalue weighted by Crippen LogP contribution is -2.09. The minimum atomic E-state index is 0.142. The molecule has 1 unspecified atom stereocenters. The molecule has 0 amide bonds. The second-order valence-corrected chi connectivity index (χ2v) is 5.26. The van der Waals surface area contributed by atoms with Crippen LogP contribution in [0.2, 0.25) is 0 Å². The maximum absolute atomic E-state index is 9.10. The Morgan fingerprint density at radius 2 is 2.10 bits per heavy atom. The van der Waals surface area contributed by atoms with E-state index < -0.39 is 0 Å². The first-order chi connectivity index (χ1) is 9.78. The minimum absolute atomic E-state index is 0.142. The SMILES string of the molecule is CC(Nc1ncccc1C#N)c1ccc2c(c1)CCC2. The summed E-state index contributed by atoms with van der Waals surface area (Å²) in [4.78, 5) is 4.25. The lowest BCUT2D eigenvalue weighted by atomic mass is 10.0. The van der Waals surface area contributed by atoms with Crippen LogP contribution < -0.4 is 5.32 Å². The summed E-state index contributed by atoms with van der Waals surface area (Å²) >= 11 is 0. The third-order valence-electron chi connectivity index (χ3n) is 3.90. The molecule has 1 N–H and O–H groups in total. The molecular weight excluding hydrogens is 246 g/mol. The van der Waals surface area contributed by atoms with Crippen molar-refractivity contribution in [3.8, 4) is 6.07 Å². The van der Waals surface area contributed by atoms with Gasteiger partial charge in [-0.3, -0.25) is 0 Å². The summed E-state index contributed by atoms with van der Waals surface area (Å²) in [6, 6.07) is 12.6. The maximum atomic E-state index is 9.10. The molecule has 0 spiro atoms. The van der Waals surface area contributed by atoms with Gasteiger partial charge >= 0.3 is 0 Å². The van der Waals surface area contributed by atoms with Gasteiger partial charge in [0, 0.05) is 12.2 Å². The van der Waals surface area contributed by atoms with Crippen LogP contribution >= 0.6 is 0 Å². The monoisotopic (exact) mass is 263 g/mol. The van der Waals surface area contributed by atoms with Crippen molar-refractivity contribution in [2.45, 2.75) is 32.2 Å². The highest BCUT2D eigenvalue weighted by molar-refractivity contribution is 5.52. The Kier molecular flexibility index (Phi) is 3.39. The van der Waals surface area contributed by atoms with Crippen molar-refractivity contribution in [3.05, 3.63) is 58.8 Å². The summed E-state index contributed by atoms with van der Waals surface area (Å²) in [6.07, 6.45) is 5.36. The van der Waals surface area contributed by atoms with Crippen LogP contribution in [0.4, 0.5) is 5.82 Å². The Bertz CT molecular complexity index is 670. The number of nitrogens with one attached hydrogen (secondary N) is 1. The molecule has 1 aromatic heterocycles. The number of nitrogens with zero attached hydrogens (tertiary/aromatic N) is 2. The zero-order valence-corrected chi connectivity index (χ0v) is 11.6. The van der Waals surface area contributed by atoms with E-state index in [9.17, 15) is 0 Å². The van der Waals surface area contributed by atoms with Gasteiger partial charge in [0.25, 0.3) is 0 Å². The van der Waals surface area contributed by atoms with Gasteiger partial charge in [-0.15, -0.1) is 0 Å². The molecule has 3 rings (SSSR count). The van der Waals surface area contributed by atoms with E-state index in [2.05, 4.69) is 41.5 Å². The number of aromatic nitrogens is 1. The van der Waals surface area contributed by atoms with Crippen LogP contribution in [0.25, 0.3) is 0 Å². The van der Waals surface area contributed by atoms with Crippen LogP contribution in [0.3, 0.4) is 0 Å². The van der Waals surface area contributed by atoms with E-state index in [-0.39, 0.29) is 6.04 Å². The van der Waals surface area contributed by atoms with Gasteiger partial charge in [-0.1, -0.05) is 18.2 Å². The summed E-state index contributed by atoms with van der Waals surface area (Å²) < 4.78 is 0. The average molecular weight is 263 g/mol. The highest BCUT2D eigenvalue weighted by atomic mass is 15.0. The Labute approximate surface area is 119 Å². The molecule has 100 valence electrons. The fourth-order valence-corrected chi connectivity index (χ4v) is 2.76. The zero-order chi connectivity index (χ0) is 13.9. The smallest absolute Gasteiger partial charge is 0.144 e. The number of rotatable bonds is 3. The van der Waals surface area contributed by atoms with Gasteiger partial charge in [-0.2, -0.15) is 5.26 Å². The predicted molar refractivity (Wildman–Crippen MR) is 79.5 cm³/mol. The number of anilines is 1. The van der Waals surface area contributed by atoms with E-state index >= 15 is 0 Å². The van der Waals surface area contributed by atoms with Crippen molar-refractivity contribution in [1.29, 1.82) is 5.26 Å². The van der Waals surface area contributed by atoms with Crippen LogP contribution in [-0.2, 0) is 12.8 Å². The van der Waals surface area contributed by atoms with Crippen molar-refractivity contribution >= 4 is 5.82 Å². The number of hydrogen-bond acceptors (Lipinski definition) is 3. The van der Waals surface area contributed by atoms with Crippen LogP contribution in [0.1, 0.15) is 41.6 Å². The Morgan fingerprint density at radius 1 is 1.25 bits per heavy atom. The molecule has 1 atom stereocenters. The van der Waals surface area contributed by atoms with Crippen molar-refractivity contribution in [3.63, 3.8) is 0 Å². The molecule has 0 bridgehead atoms. The molecule has 0 radical (unpaired) electrons. The standard InChI is InChI=1S/C17H17N3/c1-12(20-17-16(11-18)6-3-9-19-17)14-8-7-13-4-2-5-15(13)10-14/h3,6-10,12H,2,4-5H2,1H3,(H,19,20). The normalized spacial score (nSPS) is 14.4. The highest BCUT2D eigenvalue weighted by Crippen LogP contribution is 2.27. The third-order valence-corrected chi connectivity index (χ3v) is 3.90. The Morgan fingerprint density at radius 3 is 2.95 bits per heavy atom. The van der Waals surface area contributed by atoms with Crippen LogP contribution in [0, 0.1) is 11.3 Å². The van der Waals surface area contributed by atoms with Crippen LogP contribution in [0.15, 0.2) is 36.5 Å². The molecule has 1 aliphatic rings. The molecule has 3 nitrogen and oxygen atoms in total. The van der Waals surface area contributed by atoms with Gasteiger partial charge in [-0.05, 0) is 55.0 Å². The van der Waals surface area contributed by atoms with Crippen molar-refractivity contribution in [2.75, 3.05) is 5.32 Å². The summed E-state index contributed by atoms with van der Waals surface area (Å²) in [5.41, 5.74) is 4.79. The summed E-state index contributed by atoms with van der Waals surface area (Å²) in [6.45, 7) is 2.10. The van der Waals surface area contributed by atoms with Crippen LogP contribution in [0.5, 0.6) is 0 Å². The largest absolute Gasteiger partial charge is 0.362 e. The van der Waals surface area contributed by atoms with E-state index in [1.807, 2.05) is 0 Å². The van der Waals surface area contributed by atoms with Gasteiger partial charge in [0.2, 0.25) is 0 Å². The first-order valence-electron chi connectivity index (χ1n) is 7.01. The average Bonchev–Trinajstić information content (AvgIpc) is 2.95. The molecule has 1 aliphatic carbocycles. The van der Waals surface area contributed by atoms with Gasteiger partial charge in [-0.25, -0.2) is 4.98 Å². The van der Waals surface area contributed by atoms with E-state index in [0.717, 1.165) is 0 Å². The van der Waals surface area contributed by atoms with Crippen molar-refractivity contribution < 1.29 is 0 Å². The fraction of sp³-hybridized carbons (Fsp3) is 0.294. The summed E-state index contributed by atoms with van der Waals surface area (Å²) in [7, 11) is 0. The molecular formula is C17H17N3. The van der Waals surface area contributed by atoms with E-state index in [1.165, 1.54) is 36.0 Å². The fourth-order valence-electron chi connectivity index (χ4n) is 2.76. The third kappa shape index (κ3) is 2.37. The first kappa shape index (κ1) is 12.7. The van der Waals surface area contributed by atoms with Gasteiger partial charge in [0.05, 0.1) is 5.56 Å². The quantitative estimate of drug-likeness (QED) is 0.920. The minimum Gasteiger partial charge on any atom is -0.362 e. The number of pyridine rings is 1. The molecule has 0 saturated heterocycles. The summed E-state index contributed by atoms with van der Waals surface area (Å²) in [5, 5.41) is 12.4. The first-order valence-corrected chi connectivity index (χ1v) is 7.01. The molecule has 1 aromatic carbocycles. The highest BCUT2D eigenvalue weighted by Gasteiger charge is 2.14. The van der Waals surface area contributed by atoms with Gasteiger partial charge in [0.1, 0.15) is 11.9 Å². The predicted octanol–water partition coefficient (Wildman–Crippen LogP) is 3.62. The van der Waals surface area contributed by atoms with Crippen LogP contribution in [-0.4, -0.2) is 4.98 Å². The lowest BCUT2D eigenvalue weighted by Gasteiger charge is -2.16. The lowest BCUT2D eigenvalue weighted by molar-refractivity contribution is 0.869. The number of benzene rings is 1. The van der Waals surface area contributed by atoms with Crippen molar-refractivity contribution in [1.82, 2.24) is 4.98 Å². The molecule has 0 saturated carbocycles. The number of aryl methyl sites for hydroxylation is 2. The maximum Gasteiger partial charge on any atom is 0.144 e. The van der Waals surface area contributed by atoms with E-state index in [0.29, 0.717) is 11.4 Å². The molecule has 3 heteroatoms. The topological polar surface area (TPSA) is 48.7 Å². The molecule has 1 heterocycles.